The molecule has 0 spiro atoms. The van der Waals surface area contributed by atoms with E-state index in [0.717, 1.165) is 19.3 Å². The van der Waals surface area contributed by atoms with E-state index in [0.29, 0.717) is 57.6 Å². The molecule has 1 aliphatic rings. The van der Waals surface area contributed by atoms with Gasteiger partial charge in [0.25, 0.3) is 0 Å². The molecule has 2 amide bonds. The van der Waals surface area contributed by atoms with Crippen LogP contribution in [0.3, 0.4) is 0 Å². The third kappa shape index (κ3) is 7.84. The number of imidazole rings is 1. The molecule has 4 N–H and O–H groups in total. The predicted octanol–water partition coefficient (Wildman–Crippen LogP) is 4.67. The molecule has 0 fully saturated rings. The van der Waals surface area contributed by atoms with Crippen molar-refractivity contribution in [2.75, 3.05) is 24.9 Å². The highest BCUT2D eigenvalue weighted by atomic mass is 35.5. The molecule has 2 atom stereocenters. The predicted molar refractivity (Wildman–Crippen MR) is 167 cm³/mol. The Morgan fingerprint density at radius 3 is 2.69 bits per heavy atom. The lowest BCUT2D eigenvalue weighted by Gasteiger charge is -2.20. The summed E-state index contributed by atoms with van der Waals surface area (Å²) < 4.78 is 11.3. The van der Waals surface area contributed by atoms with Crippen molar-refractivity contribution in [1.29, 1.82) is 0 Å². The highest BCUT2D eigenvalue weighted by molar-refractivity contribution is 6.30. The molecular weight excluding hydrogens is 602 g/mol. The first-order chi connectivity index (χ1) is 21.8. The van der Waals surface area contributed by atoms with Crippen molar-refractivity contribution in [3.63, 3.8) is 0 Å². The van der Waals surface area contributed by atoms with Crippen molar-refractivity contribution in [2.45, 2.75) is 44.2 Å². The molecule has 0 saturated carbocycles. The van der Waals surface area contributed by atoms with Gasteiger partial charge in [0.05, 0.1) is 31.6 Å². The average molecular weight is 634 g/mol. The third-order valence-corrected chi connectivity index (χ3v) is 7.51. The van der Waals surface area contributed by atoms with Crippen LogP contribution in [0, 0.1) is 0 Å². The lowest BCUT2D eigenvalue weighted by molar-refractivity contribution is -0.141. The molecule has 14 nitrogen and oxygen atoms in total. The summed E-state index contributed by atoms with van der Waals surface area (Å²) in [6.07, 6.45) is 9.11. The number of benzene rings is 2. The lowest BCUT2D eigenvalue weighted by atomic mass is 10.0. The maximum absolute atomic E-state index is 13.2. The van der Waals surface area contributed by atoms with Crippen molar-refractivity contribution in [3.8, 4) is 16.9 Å². The summed E-state index contributed by atoms with van der Waals surface area (Å²) in [7, 11) is 2.63. The number of ether oxygens (including phenoxy) is 2. The molecule has 0 saturated heterocycles. The van der Waals surface area contributed by atoms with Gasteiger partial charge in [0, 0.05) is 39.8 Å². The zero-order valence-corrected chi connectivity index (χ0v) is 25.4. The van der Waals surface area contributed by atoms with Gasteiger partial charge in [-0.1, -0.05) is 30.9 Å². The van der Waals surface area contributed by atoms with Crippen LogP contribution in [0.2, 0.25) is 5.02 Å². The number of halogens is 1. The number of carbonyl (C=O) groups excluding carboxylic acids is 3. The lowest BCUT2D eigenvalue weighted by Crippen LogP contribution is -2.31. The van der Waals surface area contributed by atoms with Gasteiger partial charge in [0.1, 0.15) is 18.2 Å². The molecular formula is C30H32ClN9O5. The maximum atomic E-state index is 13.2. The van der Waals surface area contributed by atoms with Crippen molar-refractivity contribution < 1.29 is 23.9 Å². The molecule has 234 valence electrons. The number of rotatable bonds is 6. The Morgan fingerprint density at radius 2 is 1.91 bits per heavy atom. The van der Waals surface area contributed by atoms with Gasteiger partial charge in [0.15, 0.2) is 0 Å². The minimum absolute atomic E-state index is 0.323. The Balaban J connectivity index is 1.41. The molecule has 5 rings (SSSR count). The second kappa shape index (κ2) is 14.5. The molecule has 0 radical (unpaired) electrons. The van der Waals surface area contributed by atoms with Crippen molar-refractivity contribution >= 4 is 47.0 Å². The molecule has 4 aromatic rings. The second-order valence-electron chi connectivity index (χ2n) is 10.3. The van der Waals surface area contributed by atoms with Crippen LogP contribution < -0.4 is 16.0 Å². The van der Waals surface area contributed by atoms with E-state index in [4.69, 9.17) is 26.1 Å². The summed E-state index contributed by atoms with van der Waals surface area (Å²) >= 11 is 6.22. The number of amides is 2. The van der Waals surface area contributed by atoms with Gasteiger partial charge in [-0.3, -0.25) is 10.1 Å². The highest BCUT2D eigenvalue weighted by Gasteiger charge is 2.24. The van der Waals surface area contributed by atoms with Crippen LogP contribution >= 0.6 is 11.6 Å². The van der Waals surface area contributed by atoms with E-state index in [1.54, 1.807) is 48.7 Å². The first-order valence-corrected chi connectivity index (χ1v) is 14.6. The number of H-pyrrole nitrogens is 1. The Bertz CT molecular complexity index is 1690. The van der Waals surface area contributed by atoms with E-state index in [2.05, 4.69) is 36.5 Å². The number of hydrogen-bond donors (Lipinski definition) is 4. The number of methoxy groups -OCH3 is 2. The van der Waals surface area contributed by atoms with Crippen molar-refractivity contribution in [1.82, 2.24) is 35.5 Å². The van der Waals surface area contributed by atoms with Gasteiger partial charge in [-0.25, -0.2) is 14.6 Å². The van der Waals surface area contributed by atoms with Gasteiger partial charge in [-0.05, 0) is 65.7 Å². The fourth-order valence-electron chi connectivity index (χ4n) is 5.04. The number of tetrazole rings is 1. The zero-order valence-electron chi connectivity index (χ0n) is 24.6. The monoisotopic (exact) mass is 633 g/mol. The van der Waals surface area contributed by atoms with E-state index in [9.17, 15) is 14.4 Å². The van der Waals surface area contributed by atoms with Crippen LogP contribution in [0.4, 0.5) is 16.2 Å². The standard InChI is InChI=1S/C30H32ClN9O5/c1-44-29(42)23-7-5-3-4-6-22(36-27(41)13-8-18-14-19(31)9-12-26(18)40-17-33-38-39-40)28-32-16-25(37-28)21-11-10-20(15-24(21)35-23)34-30(43)45-2/h8-17,22-23,35H,3-7H2,1-2H3,(H,32,37)(H,34,43)(H,36,41)/b13-8+/t22-,23-/m0/s1. The maximum Gasteiger partial charge on any atom is 0.411 e. The Labute approximate surface area is 263 Å². The number of hydrogen-bond acceptors (Lipinski definition) is 10. The van der Waals surface area contributed by atoms with E-state index in [1.807, 2.05) is 0 Å². The van der Waals surface area contributed by atoms with Crippen molar-refractivity contribution in [2.24, 2.45) is 0 Å². The van der Waals surface area contributed by atoms with Crippen LogP contribution in [0.25, 0.3) is 23.0 Å². The summed E-state index contributed by atoms with van der Waals surface area (Å²) in [4.78, 5) is 45.7. The van der Waals surface area contributed by atoms with E-state index in [-0.39, 0.29) is 5.91 Å². The van der Waals surface area contributed by atoms with Gasteiger partial charge >= 0.3 is 12.1 Å². The fraction of sp³-hybridized carbons (Fsp3) is 0.300. The summed E-state index contributed by atoms with van der Waals surface area (Å²) in [6, 6.07) is 9.37. The number of aromatic amines is 1. The fourth-order valence-corrected chi connectivity index (χ4v) is 5.22. The van der Waals surface area contributed by atoms with Gasteiger partial charge in [0.2, 0.25) is 5.91 Å². The number of carbonyl (C=O) groups is 3. The van der Waals surface area contributed by atoms with Gasteiger partial charge in [-0.2, -0.15) is 4.68 Å². The number of aromatic nitrogens is 6. The third-order valence-electron chi connectivity index (χ3n) is 7.27. The van der Waals surface area contributed by atoms with Crippen LogP contribution in [0.15, 0.2) is 55.0 Å². The van der Waals surface area contributed by atoms with Gasteiger partial charge in [-0.15, -0.1) is 5.10 Å². The Hall–Kier alpha value is -5.24. The SMILES string of the molecule is COC(=O)Nc1ccc2c(c1)N[C@H](C(=O)OC)CCCCC[C@H](NC(=O)/C=C/c1cc(Cl)ccc1-n1cnnn1)c1nc-2c[nH]1. The Kier molecular flexibility index (Phi) is 10.0. The first-order valence-electron chi connectivity index (χ1n) is 14.2. The number of nitrogens with one attached hydrogen (secondary N) is 4. The normalized spacial score (nSPS) is 16.7. The summed E-state index contributed by atoms with van der Waals surface area (Å²) in [5.41, 5.74) is 3.62. The molecule has 0 aliphatic carbocycles. The molecule has 0 unspecified atom stereocenters. The molecule has 45 heavy (non-hydrogen) atoms. The summed E-state index contributed by atoms with van der Waals surface area (Å²) in [6.45, 7) is 0. The van der Waals surface area contributed by atoms with Crippen LogP contribution in [0.5, 0.6) is 0 Å². The first kappa shape index (κ1) is 31.2. The Morgan fingerprint density at radius 1 is 1.07 bits per heavy atom. The van der Waals surface area contributed by atoms with Gasteiger partial charge < -0.3 is 25.1 Å². The zero-order chi connectivity index (χ0) is 31.8. The number of anilines is 2. The minimum Gasteiger partial charge on any atom is -0.467 e. The molecule has 15 heteroatoms. The average Bonchev–Trinajstić information content (AvgIpc) is 3.75. The van der Waals surface area contributed by atoms with E-state index in [1.165, 1.54) is 31.3 Å². The summed E-state index contributed by atoms with van der Waals surface area (Å²) in [5, 5.41) is 20.8. The quantitative estimate of drug-likeness (QED) is 0.172. The van der Waals surface area contributed by atoms with Crippen LogP contribution in [0.1, 0.15) is 49.5 Å². The van der Waals surface area contributed by atoms with E-state index >= 15 is 0 Å². The molecule has 3 heterocycles. The smallest absolute Gasteiger partial charge is 0.411 e. The number of nitrogens with zero attached hydrogens (tertiary/aromatic N) is 5. The van der Waals surface area contributed by atoms with Crippen LogP contribution in [-0.2, 0) is 19.1 Å². The molecule has 2 aromatic carbocycles. The molecule has 1 aliphatic heterocycles. The largest absolute Gasteiger partial charge is 0.467 e. The minimum atomic E-state index is -0.624. The molecule has 2 bridgehead atoms. The second-order valence-corrected chi connectivity index (χ2v) is 10.7. The highest BCUT2D eigenvalue weighted by Crippen LogP contribution is 2.33. The van der Waals surface area contributed by atoms with E-state index < -0.39 is 24.1 Å². The topological polar surface area (TPSA) is 178 Å². The van der Waals surface area contributed by atoms with Crippen LogP contribution in [-0.4, -0.2) is 68.4 Å². The number of fused-ring (bicyclic) bond motifs is 4. The van der Waals surface area contributed by atoms with Crippen molar-refractivity contribution in [3.05, 3.63) is 71.4 Å². The summed E-state index contributed by atoms with van der Waals surface area (Å²) in [5.74, 6) is -0.142. The molecule has 2 aromatic heterocycles. The number of esters is 1.